The van der Waals surface area contributed by atoms with Gasteiger partial charge >= 0.3 is 0 Å². The van der Waals surface area contributed by atoms with Crippen LogP contribution in [0.15, 0.2) is 30.3 Å². The van der Waals surface area contributed by atoms with Gasteiger partial charge in [-0.1, -0.05) is 30.3 Å². The summed E-state index contributed by atoms with van der Waals surface area (Å²) in [4.78, 5) is 17.9. The van der Waals surface area contributed by atoms with E-state index in [2.05, 4.69) is 35.2 Å². The summed E-state index contributed by atoms with van der Waals surface area (Å²) in [5.74, 6) is 0.804. The van der Waals surface area contributed by atoms with E-state index in [-0.39, 0.29) is 11.9 Å². The van der Waals surface area contributed by atoms with Crippen LogP contribution >= 0.6 is 0 Å². The molecule has 5 nitrogen and oxygen atoms in total. The maximum Gasteiger partial charge on any atom is 0.266 e. The number of carbonyl (C=O) groups excluding carboxylic acids is 1. The molecule has 1 aliphatic heterocycles. The van der Waals surface area contributed by atoms with Crippen LogP contribution in [0.1, 0.15) is 54.5 Å². The SMILES string of the molecule is Cc1c(C)c(OC(C)(C)C(=O)N(C)C2CCN(CCc3ccccc3)CC2)c(C)c(C)c1N. The fraction of sp³-hybridized carbons (Fsp3) is 0.536. The zero-order chi connectivity index (χ0) is 24.3. The Hall–Kier alpha value is -2.53. The molecular weight excluding hydrogens is 410 g/mol. The van der Waals surface area contributed by atoms with Crippen molar-refractivity contribution in [1.29, 1.82) is 0 Å². The molecule has 0 aliphatic carbocycles. The average molecular weight is 452 g/mol. The number of likely N-dealkylation sites (N-methyl/N-ethyl adjacent to an activating group) is 1. The van der Waals surface area contributed by atoms with Gasteiger partial charge in [-0.05, 0) is 88.6 Å². The van der Waals surface area contributed by atoms with Gasteiger partial charge in [0.15, 0.2) is 5.60 Å². The quantitative estimate of drug-likeness (QED) is 0.613. The monoisotopic (exact) mass is 451 g/mol. The molecule has 1 saturated heterocycles. The summed E-state index contributed by atoms with van der Waals surface area (Å²) >= 11 is 0. The number of anilines is 1. The smallest absolute Gasteiger partial charge is 0.266 e. The summed E-state index contributed by atoms with van der Waals surface area (Å²) in [6.07, 6.45) is 3.05. The lowest BCUT2D eigenvalue weighted by Crippen LogP contribution is -2.53. The van der Waals surface area contributed by atoms with Crippen LogP contribution in [0.25, 0.3) is 0 Å². The lowest BCUT2D eigenvalue weighted by molar-refractivity contribution is -0.147. The van der Waals surface area contributed by atoms with Crippen LogP contribution in [0.4, 0.5) is 5.69 Å². The Morgan fingerprint density at radius 1 is 1.03 bits per heavy atom. The van der Waals surface area contributed by atoms with Gasteiger partial charge in [-0.25, -0.2) is 0 Å². The van der Waals surface area contributed by atoms with Crippen molar-refractivity contribution in [2.45, 2.75) is 72.4 Å². The zero-order valence-electron chi connectivity index (χ0n) is 21.5. The van der Waals surface area contributed by atoms with E-state index >= 15 is 0 Å². The molecule has 180 valence electrons. The molecule has 0 radical (unpaired) electrons. The molecule has 1 heterocycles. The number of rotatable bonds is 7. The molecule has 0 spiro atoms. The Balaban J connectivity index is 1.60. The van der Waals surface area contributed by atoms with Gasteiger partial charge in [0.25, 0.3) is 5.91 Å². The molecule has 0 aromatic heterocycles. The summed E-state index contributed by atoms with van der Waals surface area (Å²) in [6, 6.07) is 10.9. The second kappa shape index (κ2) is 10.2. The molecule has 2 N–H and O–H groups in total. The van der Waals surface area contributed by atoms with Crippen molar-refractivity contribution in [3.8, 4) is 5.75 Å². The number of nitrogens with zero attached hydrogens (tertiary/aromatic N) is 2. The van der Waals surface area contributed by atoms with Crippen LogP contribution < -0.4 is 10.5 Å². The number of amides is 1. The first-order chi connectivity index (χ1) is 15.5. The Kier molecular flexibility index (Phi) is 7.73. The number of carbonyl (C=O) groups is 1. The van der Waals surface area contributed by atoms with E-state index in [0.717, 1.165) is 72.6 Å². The van der Waals surface area contributed by atoms with E-state index in [4.69, 9.17) is 10.5 Å². The molecule has 5 heteroatoms. The van der Waals surface area contributed by atoms with Gasteiger partial charge in [-0.2, -0.15) is 0 Å². The molecule has 2 aromatic carbocycles. The second-order valence-corrected chi connectivity index (χ2v) is 10.1. The van der Waals surface area contributed by atoms with Crippen molar-refractivity contribution in [2.75, 3.05) is 32.4 Å². The van der Waals surface area contributed by atoms with Gasteiger partial charge in [-0.15, -0.1) is 0 Å². The van der Waals surface area contributed by atoms with Gasteiger partial charge in [0, 0.05) is 38.4 Å². The van der Waals surface area contributed by atoms with E-state index in [1.54, 1.807) is 0 Å². The minimum absolute atomic E-state index is 0.0242. The standard InChI is InChI=1S/C28H41N3O2/c1-19-21(3)26(22(4)20(2)25(19)29)33-28(5,6)27(32)30(7)24-14-17-31(18-15-24)16-13-23-11-9-8-10-12-23/h8-12,24H,13-18,29H2,1-7H3. The highest BCUT2D eigenvalue weighted by Crippen LogP contribution is 2.36. The second-order valence-electron chi connectivity index (χ2n) is 10.1. The molecule has 1 fully saturated rings. The fourth-order valence-electron chi connectivity index (χ4n) is 4.81. The number of likely N-dealkylation sites (tertiary alicyclic amines) is 1. The number of nitrogen functional groups attached to an aromatic ring is 1. The number of piperidine rings is 1. The van der Waals surface area contributed by atoms with Gasteiger partial charge < -0.3 is 20.3 Å². The lowest BCUT2D eigenvalue weighted by atomic mass is 9.96. The molecule has 1 amide bonds. The summed E-state index contributed by atoms with van der Waals surface area (Å²) in [6.45, 7) is 14.9. The van der Waals surface area contributed by atoms with E-state index in [1.807, 2.05) is 53.5 Å². The highest BCUT2D eigenvalue weighted by Gasteiger charge is 2.37. The van der Waals surface area contributed by atoms with Crippen LogP contribution in [-0.2, 0) is 11.2 Å². The number of ether oxygens (including phenoxy) is 1. The predicted octanol–water partition coefficient (Wildman–Crippen LogP) is 4.83. The van der Waals surface area contributed by atoms with E-state index in [9.17, 15) is 4.79 Å². The van der Waals surface area contributed by atoms with Gasteiger partial charge in [0.1, 0.15) is 5.75 Å². The van der Waals surface area contributed by atoms with Crippen molar-refractivity contribution in [1.82, 2.24) is 9.80 Å². The van der Waals surface area contributed by atoms with E-state index in [1.165, 1.54) is 5.56 Å². The molecular formula is C28H41N3O2. The van der Waals surface area contributed by atoms with Crippen molar-refractivity contribution in [3.63, 3.8) is 0 Å². The summed E-state index contributed by atoms with van der Waals surface area (Å²) < 4.78 is 6.41. The van der Waals surface area contributed by atoms with Gasteiger partial charge in [0.05, 0.1) is 0 Å². The van der Waals surface area contributed by atoms with Crippen molar-refractivity contribution >= 4 is 11.6 Å². The van der Waals surface area contributed by atoms with Crippen LogP contribution in [0, 0.1) is 27.7 Å². The van der Waals surface area contributed by atoms with Gasteiger partial charge in [0.2, 0.25) is 0 Å². The first kappa shape index (κ1) is 25.1. The van der Waals surface area contributed by atoms with E-state index in [0.29, 0.717) is 0 Å². The molecule has 0 unspecified atom stereocenters. The first-order valence-electron chi connectivity index (χ1n) is 12.1. The fourth-order valence-corrected chi connectivity index (χ4v) is 4.81. The number of benzene rings is 2. The van der Waals surface area contributed by atoms with Gasteiger partial charge in [-0.3, -0.25) is 4.79 Å². The Bertz CT molecular complexity index is 947. The summed E-state index contributed by atoms with van der Waals surface area (Å²) in [5.41, 5.74) is 11.5. The van der Waals surface area contributed by atoms with Crippen molar-refractivity contribution in [3.05, 3.63) is 58.1 Å². The largest absolute Gasteiger partial charge is 0.477 e. The van der Waals surface area contributed by atoms with E-state index < -0.39 is 5.60 Å². The number of nitrogens with two attached hydrogens (primary N) is 1. The maximum atomic E-state index is 13.5. The molecule has 0 bridgehead atoms. The van der Waals surface area contributed by atoms with Crippen LogP contribution in [0.2, 0.25) is 0 Å². The third-order valence-corrected chi connectivity index (χ3v) is 7.47. The summed E-state index contributed by atoms with van der Waals surface area (Å²) in [7, 11) is 1.93. The Labute approximate surface area is 199 Å². The van der Waals surface area contributed by atoms with Crippen LogP contribution in [0.5, 0.6) is 5.75 Å². The Morgan fingerprint density at radius 2 is 1.58 bits per heavy atom. The summed E-state index contributed by atoms with van der Waals surface area (Å²) in [5, 5.41) is 0. The average Bonchev–Trinajstić information content (AvgIpc) is 2.83. The zero-order valence-corrected chi connectivity index (χ0v) is 21.5. The minimum Gasteiger partial charge on any atom is -0.477 e. The molecule has 2 aromatic rings. The predicted molar refractivity (Wildman–Crippen MR) is 137 cm³/mol. The molecule has 1 aliphatic rings. The Morgan fingerprint density at radius 3 is 2.12 bits per heavy atom. The normalized spacial score (nSPS) is 15.5. The topological polar surface area (TPSA) is 58.8 Å². The molecule has 3 rings (SSSR count). The molecule has 33 heavy (non-hydrogen) atoms. The number of hydrogen-bond donors (Lipinski definition) is 1. The third kappa shape index (κ3) is 5.52. The van der Waals surface area contributed by atoms with Crippen molar-refractivity contribution in [2.24, 2.45) is 0 Å². The van der Waals surface area contributed by atoms with Crippen LogP contribution in [-0.4, -0.2) is 54.0 Å². The number of hydrogen-bond acceptors (Lipinski definition) is 4. The highest BCUT2D eigenvalue weighted by molar-refractivity contribution is 5.85. The molecule has 0 saturated carbocycles. The third-order valence-electron chi connectivity index (χ3n) is 7.47. The minimum atomic E-state index is -0.955. The van der Waals surface area contributed by atoms with Crippen LogP contribution in [0.3, 0.4) is 0 Å². The first-order valence-corrected chi connectivity index (χ1v) is 12.1. The molecule has 0 atom stereocenters. The maximum absolute atomic E-state index is 13.5. The lowest BCUT2D eigenvalue weighted by Gasteiger charge is -2.40. The highest BCUT2D eigenvalue weighted by atomic mass is 16.5. The van der Waals surface area contributed by atoms with Crippen molar-refractivity contribution < 1.29 is 9.53 Å².